The van der Waals surface area contributed by atoms with Crippen molar-refractivity contribution in [1.82, 2.24) is 14.5 Å². The number of hydrogen-bond acceptors (Lipinski definition) is 8. The molecule has 0 aliphatic carbocycles. The van der Waals surface area contributed by atoms with Gasteiger partial charge in [0.1, 0.15) is 16.5 Å². The van der Waals surface area contributed by atoms with Gasteiger partial charge in [-0.2, -0.15) is 4.98 Å². The van der Waals surface area contributed by atoms with Crippen molar-refractivity contribution in [3.63, 3.8) is 0 Å². The zero-order chi connectivity index (χ0) is 19.9. The molecule has 4 heterocycles. The summed E-state index contributed by atoms with van der Waals surface area (Å²) in [4.78, 5) is 25.1. The molecule has 2 saturated heterocycles. The second-order valence-corrected chi connectivity index (χ2v) is 8.75. The predicted octanol–water partition coefficient (Wildman–Crippen LogP) is 1.81. The van der Waals surface area contributed by atoms with E-state index in [9.17, 15) is 4.79 Å². The summed E-state index contributed by atoms with van der Waals surface area (Å²) < 4.78 is 7.20. The number of nitrogen functional groups attached to an aromatic ring is 2. The van der Waals surface area contributed by atoms with Crippen LogP contribution < -0.4 is 21.9 Å². The van der Waals surface area contributed by atoms with E-state index in [4.69, 9.17) is 16.2 Å². The number of aromatic nitrogens is 3. The van der Waals surface area contributed by atoms with Crippen LogP contribution in [0.1, 0.15) is 24.8 Å². The van der Waals surface area contributed by atoms with Crippen molar-refractivity contribution < 1.29 is 4.74 Å². The summed E-state index contributed by atoms with van der Waals surface area (Å²) in [5, 5.41) is 0. The first-order valence-corrected chi connectivity index (χ1v) is 10.3. The van der Waals surface area contributed by atoms with Crippen molar-refractivity contribution >= 4 is 29.3 Å². The average Bonchev–Trinajstić information content (AvgIpc) is 3.14. The lowest BCUT2D eigenvalue weighted by molar-refractivity contribution is 0.133. The van der Waals surface area contributed by atoms with Crippen LogP contribution in [0.4, 0.5) is 17.6 Å². The molecule has 2 aromatic heterocycles. The zero-order valence-corrected chi connectivity index (χ0v) is 17.1. The van der Waals surface area contributed by atoms with Gasteiger partial charge in [-0.1, -0.05) is 11.8 Å². The Morgan fingerprint density at radius 3 is 2.64 bits per heavy atom. The van der Waals surface area contributed by atoms with Crippen molar-refractivity contribution in [2.45, 2.75) is 36.0 Å². The molecule has 4 N–H and O–H groups in total. The second-order valence-electron chi connectivity index (χ2n) is 7.70. The summed E-state index contributed by atoms with van der Waals surface area (Å²) in [5.41, 5.74) is 13.1. The van der Waals surface area contributed by atoms with Gasteiger partial charge >= 0.3 is 0 Å². The van der Waals surface area contributed by atoms with Crippen LogP contribution in [0, 0.1) is 12.3 Å². The standard InChI is InChI=1S/C19H26N6O2S/c1-12-13(3-7-22-15(12)20)28-14-16(21)23-18(24(2)17(14)26)25-8-4-19(5-9-25)6-10-27-11-19/h3,7H,4-6,8-11,21H2,1-2H3,(H2,20,22). The van der Waals surface area contributed by atoms with Crippen molar-refractivity contribution in [2.75, 3.05) is 42.7 Å². The molecule has 150 valence electrons. The minimum Gasteiger partial charge on any atom is -0.383 e. The molecular weight excluding hydrogens is 376 g/mol. The SMILES string of the molecule is Cc1c(Sc2c(N)nc(N3CCC4(CCOC4)CC3)n(C)c2=O)ccnc1N. The summed E-state index contributed by atoms with van der Waals surface area (Å²) in [5.74, 6) is 1.33. The van der Waals surface area contributed by atoms with Crippen molar-refractivity contribution in [3.8, 4) is 0 Å². The van der Waals surface area contributed by atoms with Crippen LogP contribution in [0.5, 0.6) is 0 Å². The monoisotopic (exact) mass is 402 g/mol. The number of rotatable bonds is 3. The molecule has 1 spiro atoms. The van der Waals surface area contributed by atoms with Gasteiger partial charge in [-0.15, -0.1) is 0 Å². The molecule has 2 aromatic rings. The van der Waals surface area contributed by atoms with Crippen LogP contribution in [0.25, 0.3) is 0 Å². The second kappa shape index (κ2) is 7.29. The number of nitrogens with two attached hydrogens (primary N) is 2. The van der Waals surface area contributed by atoms with Crippen molar-refractivity contribution in [2.24, 2.45) is 12.5 Å². The van der Waals surface area contributed by atoms with Crippen molar-refractivity contribution in [1.29, 1.82) is 0 Å². The van der Waals surface area contributed by atoms with Gasteiger partial charge in [0.2, 0.25) is 5.95 Å². The third-order valence-electron chi connectivity index (χ3n) is 5.95. The van der Waals surface area contributed by atoms with E-state index in [2.05, 4.69) is 14.9 Å². The molecule has 0 bridgehead atoms. The Morgan fingerprint density at radius 2 is 1.96 bits per heavy atom. The van der Waals surface area contributed by atoms with Gasteiger partial charge in [-0.25, -0.2) is 4.98 Å². The van der Waals surface area contributed by atoms with E-state index >= 15 is 0 Å². The van der Waals surface area contributed by atoms with Crippen LogP contribution >= 0.6 is 11.8 Å². The third-order valence-corrected chi connectivity index (χ3v) is 7.20. The molecule has 0 aromatic carbocycles. The van der Waals surface area contributed by atoms with E-state index < -0.39 is 0 Å². The van der Waals surface area contributed by atoms with E-state index in [1.807, 2.05) is 13.0 Å². The molecule has 2 fully saturated rings. The maximum absolute atomic E-state index is 13.0. The number of pyridine rings is 1. The average molecular weight is 403 g/mol. The van der Waals surface area contributed by atoms with Crippen molar-refractivity contribution in [3.05, 3.63) is 28.2 Å². The Bertz CT molecular complexity index is 944. The smallest absolute Gasteiger partial charge is 0.270 e. The number of hydrogen-bond donors (Lipinski definition) is 2. The molecule has 2 aliphatic heterocycles. The molecule has 0 radical (unpaired) electrons. The highest BCUT2D eigenvalue weighted by Crippen LogP contribution is 2.40. The summed E-state index contributed by atoms with van der Waals surface area (Å²) in [6, 6.07) is 1.83. The van der Waals surface area contributed by atoms with E-state index in [1.54, 1.807) is 17.8 Å². The number of anilines is 3. The van der Waals surface area contributed by atoms with E-state index in [1.165, 1.54) is 11.8 Å². The lowest BCUT2D eigenvalue weighted by Crippen LogP contribution is -2.43. The summed E-state index contributed by atoms with van der Waals surface area (Å²) in [6.07, 6.45) is 4.85. The third kappa shape index (κ3) is 3.33. The molecule has 0 atom stereocenters. The van der Waals surface area contributed by atoms with E-state index in [0.29, 0.717) is 22.1 Å². The fourth-order valence-electron chi connectivity index (χ4n) is 3.94. The van der Waals surface area contributed by atoms with Gasteiger partial charge in [0.15, 0.2) is 0 Å². The Balaban J connectivity index is 1.60. The topological polar surface area (TPSA) is 112 Å². The summed E-state index contributed by atoms with van der Waals surface area (Å²) in [7, 11) is 1.75. The van der Waals surface area contributed by atoms with Crippen LogP contribution in [0.2, 0.25) is 0 Å². The van der Waals surface area contributed by atoms with Crippen LogP contribution in [0.15, 0.2) is 26.8 Å². The molecule has 0 unspecified atom stereocenters. The number of nitrogens with zero attached hydrogens (tertiary/aromatic N) is 4. The molecule has 9 heteroatoms. The Labute approximate surface area is 168 Å². The summed E-state index contributed by atoms with van der Waals surface area (Å²) in [6.45, 7) is 5.29. The van der Waals surface area contributed by atoms with Crippen LogP contribution in [0.3, 0.4) is 0 Å². The highest BCUT2D eigenvalue weighted by atomic mass is 32.2. The molecule has 0 amide bonds. The molecule has 2 aliphatic rings. The number of piperidine rings is 1. The first kappa shape index (κ1) is 19.1. The van der Waals surface area contributed by atoms with E-state index in [0.717, 1.165) is 56.0 Å². The van der Waals surface area contributed by atoms with Gasteiger partial charge in [0.25, 0.3) is 5.56 Å². The Kier molecular flexibility index (Phi) is 4.96. The molecule has 28 heavy (non-hydrogen) atoms. The minimum atomic E-state index is -0.147. The molecule has 4 rings (SSSR count). The maximum atomic E-state index is 13.0. The van der Waals surface area contributed by atoms with Gasteiger partial charge < -0.3 is 21.1 Å². The lowest BCUT2D eigenvalue weighted by atomic mass is 9.78. The van der Waals surface area contributed by atoms with Crippen LogP contribution in [-0.2, 0) is 11.8 Å². The molecule has 8 nitrogen and oxygen atoms in total. The quantitative estimate of drug-likeness (QED) is 0.799. The largest absolute Gasteiger partial charge is 0.383 e. The fraction of sp³-hybridized carbons (Fsp3) is 0.526. The van der Waals surface area contributed by atoms with Gasteiger partial charge in [-0.05, 0) is 37.7 Å². The lowest BCUT2D eigenvalue weighted by Gasteiger charge is -2.39. The van der Waals surface area contributed by atoms with Gasteiger partial charge in [0.05, 0.1) is 6.61 Å². The maximum Gasteiger partial charge on any atom is 0.270 e. The summed E-state index contributed by atoms with van der Waals surface area (Å²) >= 11 is 1.29. The zero-order valence-electron chi connectivity index (χ0n) is 16.3. The highest BCUT2D eigenvalue weighted by Gasteiger charge is 2.38. The first-order valence-electron chi connectivity index (χ1n) is 9.48. The highest BCUT2D eigenvalue weighted by molar-refractivity contribution is 7.99. The first-order chi connectivity index (χ1) is 13.4. The Hall–Kier alpha value is -2.26. The molecule has 0 saturated carbocycles. The number of ether oxygens (including phenoxy) is 1. The Morgan fingerprint density at radius 1 is 1.21 bits per heavy atom. The predicted molar refractivity (Wildman–Crippen MR) is 111 cm³/mol. The van der Waals surface area contributed by atoms with Gasteiger partial charge in [0, 0.05) is 43.4 Å². The van der Waals surface area contributed by atoms with Crippen LogP contribution in [-0.4, -0.2) is 40.8 Å². The van der Waals surface area contributed by atoms with E-state index in [-0.39, 0.29) is 11.4 Å². The van der Waals surface area contributed by atoms with Gasteiger partial charge in [-0.3, -0.25) is 9.36 Å². The molecular formula is C19H26N6O2S. The fourth-order valence-corrected chi connectivity index (χ4v) is 4.92. The normalized spacial score (nSPS) is 18.7. The minimum absolute atomic E-state index is 0.147.